The Labute approximate surface area is 125 Å². The van der Waals surface area contributed by atoms with E-state index in [-0.39, 0.29) is 5.60 Å². The molecule has 2 saturated carbocycles. The highest BCUT2D eigenvalue weighted by Crippen LogP contribution is 2.43. The molecule has 1 heterocycles. The van der Waals surface area contributed by atoms with Crippen LogP contribution < -0.4 is 5.32 Å². The minimum atomic E-state index is 0.275. The molecule has 1 aliphatic heterocycles. The van der Waals surface area contributed by atoms with Crippen molar-refractivity contribution in [1.82, 2.24) is 5.32 Å². The molecule has 1 spiro atoms. The Bertz CT molecular complexity index is 288. The summed E-state index contributed by atoms with van der Waals surface area (Å²) in [5.41, 5.74) is 0.275. The Morgan fingerprint density at radius 3 is 2.65 bits per heavy atom. The number of ether oxygens (including phenoxy) is 1. The van der Waals surface area contributed by atoms with E-state index in [1.165, 1.54) is 77.2 Å². The standard InChI is InChI=1S/C18H33NO/c1-2-11-19-17(13-15-6-7-15)16-8-12-20-18(14-16)9-4-3-5-10-18/h15-17,19H,2-14H2,1H3. The van der Waals surface area contributed by atoms with E-state index in [0.29, 0.717) is 0 Å². The molecule has 2 nitrogen and oxygen atoms in total. The molecular formula is C18H33NO. The summed E-state index contributed by atoms with van der Waals surface area (Å²) < 4.78 is 6.28. The normalized spacial score (nSPS) is 31.4. The molecule has 3 aliphatic rings. The lowest BCUT2D eigenvalue weighted by Crippen LogP contribution is -2.48. The van der Waals surface area contributed by atoms with Crippen LogP contribution in [0.5, 0.6) is 0 Å². The Balaban J connectivity index is 1.59. The molecule has 2 heteroatoms. The van der Waals surface area contributed by atoms with E-state index in [1.807, 2.05) is 0 Å². The first-order valence-corrected chi connectivity index (χ1v) is 9.19. The molecule has 0 aromatic carbocycles. The van der Waals surface area contributed by atoms with E-state index < -0.39 is 0 Å². The molecule has 1 saturated heterocycles. The van der Waals surface area contributed by atoms with Gasteiger partial charge in [0.25, 0.3) is 0 Å². The molecule has 1 N–H and O–H groups in total. The summed E-state index contributed by atoms with van der Waals surface area (Å²) in [5, 5.41) is 3.88. The van der Waals surface area contributed by atoms with Crippen LogP contribution in [0.15, 0.2) is 0 Å². The summed E-state index contributed by atoms with van der Waals surface area (Å²) in [6.45, 7) is 4.50. The summed E-state index contributed by atoms with van der Waals surface area (Å²) in [7, 11) is 0. The molecule has 20 heavy (non-hydrogen) atoms. The fraction of sp³-hybridized carbons (Fsp3) is 1.00. The van der Waals surface area contributed by atoms with Gasteiger partial charge in [-0.2, -0.15) is 0 Å². The van der Waals surface area contributed by atoms with E-state index in [9.17, 15) is 0 Å². The third-order valence-corrected chi connectivity index (χ3v) is 5.81. The van der Waals surface area contributed by atoms with Gasteiger partial charge in [-0.3, -0.25) is 0 Å². The quantitative estimate of drug-likeness (QED) is 0.783. The van der Waals surface area contributed by atoms with E-state index in [1.54, 1.807) is 0 Å². The van der Waals surface area contributed by atoms with Crippen molar-refractivity contribution < 1.29 is 4.74 Å². The van der Waals surface area contributed by atoms with Crippen molar-refractivity contribution in [2.24, 2.45) is 11.8 Å². The highest BCUT2D eigenvalue weighted by Gasteiger charge is 2.41. The van der Waals surface area contributed by atoms with Crippen LogP contribution in [0.25, 0.3) is 0 Å². The molecule has 2 atom stereocenters. The van der Waals surface area contributed by atoms with Crippen molar-refractivity contribution in [3.63, 3.8) is 0 Å². The van der Waals surface area contributed by atoms with Gasteiger partial charge < -0.3 is 10.1 Å². The zero-order chi connectivity index (χ0) is 13.8. The van der Waals surface area contributed by atoms with Crippen LogP contribution in [-0.2, 0) is 4.74 Å². The summed E-state index contributed by atoms with van der Waals surface area (Å²) in [6, 6.07) is 0.769. The van der Waals surface area contributed by atoms with Gasteiger partial charge in [0.05, 0.1) is 5.60 Å². The van der Waals surface area contributed by atoms with Gasteiger partial charge in [-0.25, -0.2) is 0 Å². The minimum Gasteiger partial charge on any atom is -0.375 e. The van der Waals surface area contributed by atoms with Crippen LogP contribution in [0, 0.1) is 11.8 Å². The van der Waals surface area contributed by atoms with Crippen LogP contribution in [0.2, 0.25) is 0 Å². The second-order valence-corrected chi connectivity index (χ2v) is 7.58. The Kier molecular flexibility index (Phi) is 5.04. The van der Waals surface area contributed by atoms with Gasteiger partial charge in [0, 0.05) is 12.6 Å². The Morgan fingerprint density at radius 1 is 1.15 bits per heavy atom. The average molecular weight is 279 g/mol. The van der Waals surface area contributed by atoms with E-state index in [4.69, 9.17) is 4.74 Å². The monoisotopic (exact) mass is 279 g/mol. The van der Waals surface area contributed by atoms with Gasteiger partial charge in [-0.05, 0) is 56.9 Å². The summed E-state index contributed by atoms with van der Waals surface area (Å²) >= 11 is 0. The van der Waals surface area contributed by atoms with Gasteiger partial charge >= 0.3 is 0 Å². The maximum Gasteiger partial charge on any atom is 0.0685 e. The molecule has 116 valence electrons. The topological polar surface area (TPSA) is 21.3 Å². The van der Waals surface area contributed by atoms with Crippen molar-refractivity contribution >= 4 is 0 Å². The maximum absolute atomic E-state index is 6.28. The smallest absolute Gasteiger partial charge is 0.0685 e. The van der Waals surface area contributed by atoms with Crippen LogP contribution >= 0.6 is 0 Å². The second kappa shape index (κ2) is 6.79. The SMILES string of the molecule is CCCNC(CC1CC1)C1CCOC2(CCCCC2)C1. The molecule has 2 unspecified atom stereocenters. The lowest BCUT2D eigenvalue weighted by molar-refractivity contribution is -0.122. The van der Waals surface area contributed by atoms with Crippen LogP contribution in [0.4, 0.5) is 0 Å². The highest BCUT2D eigenvalue weighted by atomic mass is 16.5. The van der Waals surface area contributed by atoms with Crippen molar-refractivity contribution in [3.05, 3.63) is 0 Å². The van der Waals surface area contributed by atoms with Gasteiger partial charge in [-0.15, -0.1) is 0 Å². The van der Waals surface area contributed by atoms with Crippen molar-refractivity contribution in [1.29, 1.82) is 0 Å². The first kappa shape index (κ1) is 14.8. The van der Waals surface area contributed by atoms with Crippen LogP contribution in [0.1, 0.15) is 77.6 Å². The van der Waals surface area contributed by atoms with Crippen LogP contribution in [-0.4, -0.2) is 24.8 Å². The average Bonchev–Trinajstić information content (AvgIpc) is 3.28. The van der Waals surface area contributed by atoms with Gasteiger partial charge in [0.2, 0.25) is 0 Å². The first-order chi connectivity index (χ1) is 9.81. The van der Waals surface area contributed by atoms with Gasteiger partial charge in [0.1, 0.15) is 0 Å². The predicted molar refractivity (Wildman–Crippen MR) is 83.9 cm³/mol. The van der Waals surface area contributed by atoms with Crippen molar-refractivity contribution in [3.8, 4) is 0 Å². The van der Waals surface area contributed by atoms with E-state index >= 15 is 0 Å². The third kappa shape index (κ3) is 3.76. The Morgan fingerprint density at radius 2 is 1.95 bits per heavy atom. The predicted octanol–water partition coefficient (Wildman–Crippen LogP) is 4.28. The van der Waals surface area contributed by atoms with Gasteiger partial charge in [-0.1, -0.05) is 39.0 Å². The number of nitrogens with one attached hydrogen (secondary N) is 1. The number of rotatable bonds is 6. The summed E-state index contributed by atoms with van der Waals surface area (Å²) in [4.78, 5) is 0. The molecule has 3 fully saturated rings. The van der Waals surface area contributed by atoms with E-state index in [2.05, 4.69) is 12.2 Å². The zero-order valence-corrected chi connectivity index (χ0v) is 13.3. The molecule has 0 bridgehead atoms. The molecular weight excluding hydrogens is 246 g/mol. The summed E-state index contributed by atoms with van der Waals surface area (Å²) in [6.07, 6.45) is 15.1. The fourth-order valence-corrected chi connectivity index (χ4v) is 4.44. The third-order valence-electron chi connectivity index (χ3n) is 5.81. The first-order valence-electron chi connectivity index (χ1n) is 9.19. The Hall–Kier alpha value is -0.0800. The zero-order valence-electron chi connectivity index (χ0n) is 13.3. The van der Waals surface area contributed by atoms with Crippen LogP contribution in [0.3, 0.4) is 0 Å². The lowest BCUT2D eigenvalue weighted by atomic mass is 9.73. The fourth-order valence-electron chi connectivity index (χ4n) is 4.44. The lowest BCUT2D eigenvalue weighted by Gasteiger charge is -2.45. The highest BCUT2D eigenvalue weighted by molar-refractivity contribution is 4.94. The molecule has 0 amide bonds. The largest absolute Gasteiger partial charge is 0.375 e. The molecule has 0 radical (unpaired) electrons. The molecule has 0 aromatic rings. The molecule has 0 aromatic heterocycles. The van der Waals surface area contributed by atoms with E-state index in [0.717, 1.165) is 24.5 Å². The second-order valence-electron chi connectivity index (χ2n) is 7.58. The number of hydrogen-bond acceptors (Lipinski definition) is 2. The molecule has 3 rings (SSSR count). The summed E-state index contributed by atoms with van der Waals surface area (Å²) in [5.74, 6) is 1.91. The maximum atomic E-state index is 6.28. The van der Waals surface area contributed by atoms with Crippen molar-refractivity contribution in [2.45, 2.75) is 89.2 Å². The van der Waals surface area contributed by atoms with Crippen molar-refractivity contribution in [2.75, 3.05) is 13.2 Å². The molecule has 2 aliphatic carbocycles. The minimum absolute atomic E-state index is 0.275. The number of hydrogen-bond donors (Lipinski definition) is 1. The van der Waals surface area contributed by atoms with Gasteiger partial charge in [0.15, 0.2) is 0 Å².